The standard InChI is InChI=1S/C37H40ClN5O4/c1-37(2,3)47-36(44)25-10-11-31-32(20-25)43(21-27-15-19-45-27)33(40-31)22-42-17-13-24(14-18-42)30-8-5-9-34(41-30)46-23-26-6-4-7-28-29(38)12-16-39-35(26)28/h4-12,16,20,24,27H,13-15,17-19,21-23H2,1-3H3. The summed E-state index contributed by atoms with van der Waals surface area (Å²) in [6, 6.07) is 19.5. The van der Waals surface area contributed by atoms with Crippen LogP contribution >= 0.6 is 11.6 Å². The largest absolute Gasteiger partial charge is 0.473 e. The number of aromatic nitrogens is 4. The van der Waals surface area contributed by atoms with Crippen LogP contribution < -0.4 is 4.74 Å². The van der Waals surface area contributed by atoms with Crippen molar-refractivity contribution in [1.29, 1.82) is 0 Å². The number of ether oxygens (including phenoxy) is 3. The van der Waals surface area contributed by atoms with Gasteiger partial charge in [0, 0.05) is 41.4 Å². The van der Waals surface area contributed by atoms with Crippen LogP contribution in [0.2, 0.25) is 5.02 Å². The van der Waals surface area contributed by atoms with Gasteiger partial charge in [-0.15, -0.1) is 0 Å². The molecule has 0 saturated carbocycles. The summed E-state index contributed by atoms with van der Waals surface area (Å²) in [5.41, 5.74) is 4.68. The minimum absolute atomic E-state index is 0.164. The van der Waals surface area contributed by atoms with Gasteiger partial charge in [0.25, 0.3) is 0 Å². The molecular weight excluding hydrogens is 614 g/mol. The lowest BCUT2D eigenvalue weighted by Crippen LogP contribution is -2.35. The molecule has 0 bridgehead atoms. The molecule has 0 N–H and O–H groups in total. The molecule has 9 nitrogen and oxygen atoms in total. The summed E-state index contributed by atoms with van der Waals surface area (Å²) in [5, 5.41) is 1.60. The topological polar surface area (TPSA) is 91.6 Å². The van der Waals surface area contributed by atoms with Crippen molar-refractivity contribution in [2.75, 3.05) is 19.7 Å². The van der Waals surface area contributed by atoms with E-state index in [0.29, 0.717) is 29.0 Å². The molecule has 1 atom stereocenters. The fraction of sp³-hybridized carbons (Fsp3) is 0.405. The van der Waals surface area contributed by atoms with E-state index in [1.807, 2.05) is 69.3 Å². The van der Waals surface area contributed by atoms with Gasteiger partial charge in [-0.25, -0.2) is 14.8 Å². The lowest BCUT2D eigenvalue weighted by atomic mass is 9.93. The van der Waals surface area contributed by atoms with E-state index in [9.17, 15) is 4.79 Å². The summed E-state index contributed by atoms with van der Waals surface area (Å²) in [5.74, 6) is 1.63. The van der Waals surface area contributed by atoms with Crippen molar-refractivity contribution in [3.05, 3.63) is 94.5 Å². The summed E-state index contributed by atoms with van der Waals surface area (Å²) < 4.78 is 19.8. The van der Waals surface area contributed by atoms with Crippen LogP contribution in [-0.2, 0) is 29.2 Å². The van der Waals surface area contributed by atoms with Gasteiger partial charge in [-0.1, -0.05) is 35.9 Å². The van der Waals surface area contributed by atoms with E-state index < -0.39 is 5.60 Å². The van der Waals surface area contributed by atoms with Gasteiger partial charge < -0.3 is 18.8 Å². The predicted octanol–water partition coefficient (Wildman–Crippen LogP) is 7.34. The van der Waals surface area contributed by atoms with Crippen molar-refractivity contribution in [2.45, 2.75) is 77.4 Å². The summed E-state index contributed by atoms with van der Waals surface area (Å²) in [7, 11) is 0. The van der Waals surface area contributed by atoms with Crippen molar-refractivity contribution in [3.63, 3.8) is 0 Å². The molecule has 47 heavy (non-hydrogen) atoms. The number of nitrogens with zero attached hydrogens (tertiary/aromatic N) is 5. The fourth-order valence-electron chi connectivity index (χ4n) is 6.39. The molecule has 0 radical (unpaired) electrons. The summed E-state index contributed by atoms with van der Waals surface area (Å²) in [6.07, 6.45) is 4.91. The summed E-state index contributed by atoms with van der Waals surface area (Å²) in [4.78, 5) is 29.8. The van der Waals surface area contributed by atoms with Gasteiger partial charge in [0.2, 0.25) is 5.88 Å². The third-order valence-corrected chi connectivity index (χ3v) is 9.26. The maximum Gasteiger partial charge on any atom is 0.338 e. The monoisotopic (exact) mass is 653 g/mol. The average molecular weight is 654 g/mol. The third-order valence-electron chi connectivity index (χ3n) is 8.93. The number of imidazole rings is 1. The average Bonchev–Trinajstić information content (AvgIpc) is 3.37. The number of hydrogen-bond donors (Lipinski definition) is 0. The van der Waals surface area contributed by atoms with Crippen molar-refractivity contribution < 1.29 is 19.0 Å². The molecular formula is C37H40ClN5O4. The lowest BCUT2D eigenvalue weighted by molar-refractivity contribution is -0.0592. The smallest absolute Gasteiger partial charge is 0.338 e. The van der Waals surface area contributed by atoms with Crippen molar-refractivity contribution in [3.8, 4) is 5.88 Å². The molecule has 2 fully saturated rings. The van der Waals surface area contributed by atoms with Gasteiger partial charge in [-0.05, 0) is 83.5 Å². The molecule has 5 aromatic rings. The first-order valence-corrected chi connectivity index (χ1v) is 16.8. The Bertz CT molecular complexity index is 1910. The number of hydrogen-bond acceptors (Lipinski definition) is 8. The second kappa shape index (κ2) is 13.2. The number of rotatable bonds is 9. The Morgan fingerprint density at radius 3 is 2.60 bits per heavy atom. The molecule has 2 saturated heterocycles. The van der Waals surface area contributed by atoms with E-state index in [0.717, 1.165) is 91.1 Å². The van der Waals surface area contributed by atoms with E-state index >= 15 is 0 Å². The Balaban J connectivity index is 1.02. The Labute approximate surface area is 279 Å². The molecule has 2 aliphatic heterocycles. The highest BCUT2D eigenvalue weighted by atomic mass is 35.5. The van der Waals surface area contributed by atoms with Gasteiger partial charge in [-0.2, -0.15) is 0 Å². The molecule has 10 heteroatoms. The van der Waals surface area contributed by atoms with Gasteiger partial charge in [-0.3, -0.25) is 9.88 Å². The molecule has 7 rings (SSSR count). The number of piperidine rings is 1. The van der Waals surface area contributed by atoms with Gasteiger partial charge in [0.1, 0.15) is 18.0 Å². The molecule has 244 valence electrons. The Morgan fingerprint density at radius 1 is 1.02 bits per heavy atom. The molecule has 0 aliphatic carbocycles. The first kappa shape index (κ1) is 31.5. The Hall–Kier alpha value is -4.05. The quantitative estimate of drug-likeness (QED) is 0.153. The van der Waals surface area contributed by atoms with E-state index in [1.165, 1.54) is 0 Å². The van der Waals surface area contributed by atoms with E-state index in [4.69, 9.17) is 35.8 Å². The normalized spacial score (nSPS) is 17.6. The number of likely N-dealkylation sites (tertiary alicyclic amines) is 1. The number of benzene rings is 2. The highest BCUT2D eigenvalue weighted by molar-refractivity contribution is 6.35. The van der Waals surface area contributed by atoms with Crippen LogP contribution in [0.25, 0.3) is 21.9 Å². The molecule has 0 amide bonds. The number of fused-ring (bicyclic) bond motifs is 2. The zero-order valence-corrected chi connectivity index (χ0v) is 27.9. The second-order valence-electron chi connectivity index (χ2n) is 13.5. The van der Waals surface area contributed by atoms with Crippen molar-refractivity contribution >= 4 is 39.5 Å². The van der Waals surface area contributed by atoms with Crippen LogP contribution in [0.1, 0.15) is 73.4 Å². The zero-order valence-electron chi connectivity index (χ0n) is 27.1. The first-order chi connectivity index (χ1) is 22.7. The number of carbonyl (C=O) groups is 1. The molecule has 2 aromatic carbocycles. The van der Waals surface area contributed by atoms with Crippen LogP contribution in [0.4, 0.5) is 0 Å². The first-order valence-electron chi connectivity index (χ1n) is 16.4. The molecule has 1 unspecified atom stereocenters. The fourth-order valence-corrected chi connectivity index (χ4v) is 6.60. The zero-order chi connectivity index (χ0) is 32.5. The van der Waals surface area contributed by atoms with Gasteiger partial charge in [0.15, 0.2) is 0 Å². The number of para-hydroxylation sites is 1. The SMILES string of the molecule is CC(C)(C)OC(=O)c1ccc2nc(CN3CCC(c4cccc(OCc5cccc6c(Cl)ccnc56)n4)CC3)n(CC3CCO3)c2c1. The minimum atomic E-state index is -0.558. The van der Waals surface area contributed by atoms with E-state index in [1.54, 1.807) is 12.3 Å². The van der Waals surface area contributed by atoms with Gasteiger partial charge >= 0.3 is 5.97 Å². The molecule has 5 heterocycles. The maximum absolute atomic E-state index is 12.9. The molecule has 0 spiro atoms. The number of halogens is 1. The summed E-state index contributed by atoms with van der Waals surface area (Å²) in [6.45, 7) is 10.1. The lowest BCUT2D eigenvalue weighted by Gasteiger charge is -2.32. The minimum Gasteiger partial charge on any atom is -0.473 e. The molecule has 2 aliphatic rings. The Kier molecular flexibility index (Phi) is 8.87. The predicted molar refractivity (Wildman–Crippen MR) is 182 cm³/mol. The highest BCUT2D eigenvalue weighted by Gasteiger charge is 2.27. The molecule has 3 aromatic heterocycles. The number of carbonyl (C=O) groups excluding carboxylic acids is 1. The van der Waals surface area contributed by atoms with Crippen molar-refractivity contribution in [2.24, 2.45) is 0 Å². The van der Waals surface area contributed by atoms with Crippen LogP contribution in [0.5, 0.6) is 5.88 Å². The maximum atomic E-state index is 12.9. The third kappa shape index (κ3) is 7.12. The van der Waals surface area contributed by atoms with Crippen LogP contribution in [-0.4, -0.2) is 61.8 Å². The van der Waals surface area contributed by atoms with Crippen LogP contribution in [0, 0.1) is 0 Å². The van der Waals surface area contributed by atoms with Crippen molar-refractivity contribution in [1.82, 2.24) is 24.4 Å². The second-order valence-corrected chi connectivity index (χ2v) is 13.9. The van der Waals surface area contributed by atoms with Crippen LogP contribution in [0.15, 0.2) is 66.9 Å². The van der Waals surface area contributed by atoms with E-state index in [-0.39, 0.29) is 12.1 Å². The number of esters is 1. The van der Waals surface area contributed by atoms with Gasteiger partial charge in [0.05, 0.1) is 46.3 Å². The highest BCUT2D eigenvalue weighted by Crippen LogP contribution is 2.31. The van der Waals surface area contributed by atoms with Crippen LogP contribution in [0.3, 0.4) is 0 Å². The summed E-state index contributed by atoms with van der Waals surface area (Å²) >= 11 is 6.37. The Morgan fingerprint density at radius 2 is 1.83 bits per heavy atom. The van der Waals surface area contributed by atoms with E-state index in [2.05, 4.69) is 20.5 Å². The number of pyridine rings is 2.